The number of carbonyl (C=O) groups is 2. The first-order valence-corrected chi connectivity index (χ1v) is 10.8. The van der Waals surface area contributed by atoms with Crippen molar-refractivity contribution in [2.24, 2.45) is 5.92 Å². The van der Waals surface area contributed by atoms with Gasteiger partial charge in [-0.05, 0) is 31.5 Å². The molecule has 1 aromatic carbocycles. The summed E-state index contributed by atoms with van der Waals surface area (Å²) in [5.74, 6) is 0.904. The molecule has 2 aromatic heterocycles. The standard InChI is InChI=1S/C16H13ClN4O2S.C5H10O/c1-10(22)15-6-12(9-24-15)21-8-11(7-18-21)19-16(23)20-14-5-3-2-4-13(14)17;1-2-5-3-6-4-5/h2-9H,1H3,(H2,19,20,23);5H,2-4H2,1H3. The Kier molecular flexibility index (Phi) is 7.62. The number of thiophene rings is 1. The van der Waals surface area contributed by atoms with Crippen molar-refractivity contribution < 1.29 is 14.3 Å². The molecule has 9 heteroatoms. The minimum absolute atomic E-state index is 0.0101. The smallest absolute Gasteiger partial charge is 0.323 e. The second-order valence-corrected chi connectivity index (χ2v) is 8.09. The Morgan fingerprint density at radius 2 is 2.07 bits per heavy atom. The van der Waals surface area contributed by atoms with Gasteiger partial charge in [0.05, 0.1) is 52.6 Å². The molecule has 3 aromatic rings. The first kappa shape index (κ1) is 22.0. The van der Waals surface area contributed by atoms with Gasteiger partial charge in [0.2, 0.25) is 0 Å². The summed E-state index contributed by atoms with van der Waals surface area (Å²) >= 11 is 7.35. The number of nitrogens with zero attached hydrogens (tertiary/aromatic N) is 2. The number of ether oxygens (including phenoxy) is 1. The van der Waals surface area contributed by atoms with E-state index in [1.165, 1.54) is 30.9 Å². The molecule has 0 saturated carbocycles. The molecule has 7 nitrogen and oxygen atoms in total. The summed E-state index contributed by atoms with van der Waals surface area (Å²) in [7, 11) is 0. The van der Waals surface area contributed by atoms with Crippen molar-refractivity contribution in [1.29, 1.82) is 0 Å². The molecular formula is C21H23ClN4O3S. The van der Waals surface area contributed by atoms with E-state index in [0.29, 0.717) is 21.3 Å². The van der Waals surface area contributed by atoms with Gasteiger partial charge in [0.15, 0.2) is 5.78 Å². The van der Waals surface area contributed by atoms with Crippen LogP contribution < -0.4 is 10.6 Å². The lowest BCUT2D eigenvalue weighted by Gasteiger charge is -2.23. The summed E-state index contributed by atoms with van der Waals surface area (Å²) in [5.41, 5.74) is 1.81. The van der Waals surface area contributed by atoms with Crippen molar-refractivity contribution >= 4 is 46.1 Å². The topological polar surface area (TPSA) is 85.3 Å². The SMILES string of the molecule is CC(=O)c1cc(-n2cc(NC(=O)Nc3ccccc3Cl)cn2)cs1.CCC1COC1. The highest BCUT2D eigenvalue weighted by Gasteiger charge is 2.14. The Morgan fingerprint density at radius 3 is 2.63 bits per heavy atom. The lowest BCUT2D eigenvalue weighted by atomic mass is 10.1. The van der Waals surface area contributed by atoms with E-state index in [-0.39, 0.29) is 5.78 Å². The number of nitrogens with one attached hydrogen (secondary N) is 2. The van der Waals surface area contributed by atoms with E-state index in [4.69, 9.17) is 16.3 Å². The molecule has 30 heavy (non-hydrogen) atoms. The van der Waals surface area contributed by atoms with E-state index in [1.54, 1.807) is 41.2 Å². The first-order valence-electron chi connectivity index (χ1n) is 9.51. The summed E-state index contributed by atoms with van der Waals surface area (Å²) in [6.45, 7) is 5.74. The lowest BCUT2D eigenvalue weighted by molar-refractivity contribution is -0.0331. The zero-order valence-corrected chi connectivity index (χ0v) is 18.3. The van der Waals surface area contributed by atoms with Gasteiger partial charge in [-0.15, -0.1) is 11.3 Å². The molecule has 2 N–H and O–H groups in total. The van der Waals surface area contributed by atoms with Gasteiger partial charge >= 0.3 is 6.03 Å². The lowest BCUT2D eigenvalue weighted by Crippen LogP contribution is -2.26. The number of urea groups is 1. The van der Waals surface area contributed by atoms with Crippen molar-refractivity contribution in [2.45, 2.75) is 20.3 Å². The Morgan fingerprint density at radius 1 is 1.30 bits per heavy atom. The van der Waals surface area contributed by atoms with Crippen molar-refractivity contribution in [3.05, 3.63) is 58.0 Å². The van der Waals surface area contributed by atoms with Crippen LogP contribution >= 0.6 is 22.9 Å². The van der Waals surface area contributed by atoms with Crippen LogP contribution in [0.4, 0.5) is 16.2 Å². The predicted molar refractivity (Wildman–Crippen MR) is 120 cm³/mol. The molecule has 1 aliphatic heterocycles. The molecule has 158 valence electrons. The van der Waals surface area contributed by atoms with Crippen LogP contribution in [0.3, 0.4) is 0 Å². The molecule has 0 bridgehead atoms. The number of para-hydroxylation sites is 1. The third kappa shape index (κ3) is 5.91. The Hall–Kier alpha value is -2.68. The highest BCUT2D eigenvalue weighted by Crippen LogP contribution is 2.22. The average Bonchev–Trinajstić information content (AvgIpc) is 3.32. The Labute approximate surface area is 184 Å². The molecule has 0 spiro atoms. The van der Waals surface area contributed by atoms with E-state index in [0.717, 1.165) is 24.8 Å². The number of aromatic nitrogens is 2. The van der Waals surface area contributed by atoms with Crippen molar-refractivity contribution in [3.63, 3.8) is 0 Å². The maximum Gasteiger partial charge on any atom is 0.323 e. The first-order chi connectivity index (χ1) is 14.5. The van der Waals surface area contributed by atoms with E-state index in [1.807, 2.05) is 5.38 Å². The normalized spacial score (nSPS) is 13.0. The minimum atomic E-state index is -0.419. The van der Waals surface area contributed by atoms with Gasteiger partial charge in [0.25, 0.3) is 0 Å². The summed E-state index contributed by atoms with van der Waals surface area (Å²) in [6, 6.07) is 8.30. The predicted octanol–water partition coefficient (Wildman–Crippen LogP) is 5.48. The van der Waals surface area contributed by atoms with Gasteiger partial charge in [-0.25, -0.2) is 9.48 Å². The highest BCUT2D eigenvalue weighted by molar-refractivity contribution is 7.12. The van der Waals surface area contributed by atoms with E-state index in [2.05, 4.69) is 22.7 Å². The van der Waals surface area contributed by atoms with Crippen LogP contribution in [-0.2, 0) is 4.74 Å². The zero-order valence-electron chi connectivity index (χ0n) is 16.7. The number of amides is 2. The van der Waals surface area contributed by atoms with Gasteiger partial charge in [-0.2, -0.15) is 5.10 Å². The molecule has 0 unspecified atom stereocenters. The number of ketones is 1. The molecule has 1 saturated heterocycles. The molecule has 2 amide bonds. The van der Waals surface area contributed by atoms with E-state index in [9.17, 15) is 9.59 Å². The number of hydrogen-bond donors (Lipinski definition) is 2. The van der Waals surface area contributed by atoms with Crippen molar-refractivity contribution in [2.75, 3.05) is 23.8 Å². The maximum absolute atomic E-state index is 12.0. The summed E-state index contributed by atoms with van der Waals surface area (Å²) < 4.78 is 6.52. The van der Waals surface area contributed by atoms with Crippen molar-refractivity contribution in [1.82, 2.24) is 9.78 Å². The molecule has 0 aliphatic carbocycles. The Bertz CT molecular complexity index is 1010. The third-order valence-corrected chi connectivity index (χ3v) is 5.79. The van der Waals surface area contributed by atoms with Crippen LogP contribution in [0.25, 0.3) is 5.69 Å². The van der Waals surface area contributed by atoms with Gasteiger partial charge in [-0.3, -0.25) is 4.79 Å². The fourth-order valence-corrected chi connectivity index (χ4v) is 3.49. The highest BCUT2D eigenvalue weighted by atomic mass is 35.5. The molecule has 0 radical (unpaired) electrons. The number of hydrogen-bond acceptors (Lipinski definition) is 5. The quantitative estimate of drug-likeness (QED) is 0.508. The second kappa shape index (κ2) is 10.4. The number of anilines is 2. The number of halogens is 1. The van der Waals surface area contributed by atoms with Crippen LogP contribution in [0.5, 0.6) is 0 Å². The van der Waals surface area contributed by atoms with E-state index < -0.39 is 6.03 Å². The van der Waals surface area contributed by atoms with Gasteiger partial charge in [0, 0.05) is 11.3 Å². The fourth-order valence-electron chi connectivity index (χ4n) is 2.53. The molecule has 3 heterocycles. The number of benzene rings is 1. The summed E-state index contributed by atoms with van der Waals surface area (Å²) in [5, 5.41) is 11.8. The molecule has 4 rings (SSSR count). The fraction of sp³-hybridized carbons (Fsp3) is 0.286. The second-order valence-electron chi connectivity index (χ2n) is 6.77. The van der Waals surface area contributed by atoms with Crippen LogP contribution in [-0.4, -0.2) is 34.8 Å². The number of Topliss-reactive ketones (excluding diaryl/α,β-unsaturated/α-hetero) is 1. The van der Waals surface area contributed by atoms with Gasteiger partial charge in [-0.1, -0.05) is 30.7 Å². The summed E-state index contributed by atoms with van der Waals surface area (Å²) in [6.07, 6.45) is 4.48. The maximum atomic E-state index is 12.0. The average molecular weight is 447 g/mol. The van der Waals surface area contributed by atoms with Crippen LogP contribution in [0, 0.1) is 5.92 Å². The Balaban J connectivity index is 0.000000367. The number of rotatable bonds is 5. The minimum Gasteiger partial charge on any atom is -0.381 e. The molecular weight excluding hydrogens is 424 g/mol. The molecule has 0 atom stereocenters. The largest absolute Gasteiger partial charge is 0.381 e. The third-order valence-electron chi connectivity index (χ3n) is 4.44. The van der Waals surface area contributed by atoms with Crippen molar-refractivity contribution in [3.8, 4) is 5.69 Å². The summed E-state index contributed by atoms with van der Waals surface area (Å²) in [4.78, 5) is 24.0. The molecule has 1 fully saturated rings. The monoisotopic (exact) mass is 446 g/mol. The van der Waals surface area contributed by atoms with Crippen LogP contribution in [0.15, 0.2) is 48.1 Å². The van der Waals surface area contributed by atoms with Crippen LogP contribution in [0.2, 0.25) is 5.02 Å². The van der Waals surface area contributed by atoms with Crippen LogP contribution in [0.1, 0.15) is 29.9 Å². The van der Waals surface area contributed by atoms with Gasteiger partial charge < -0.3 is 15.4 Å². The van der Waals surface area contributed by atoms with E-state index >= 15 is 0 Å². The van der Waals surface area contributed by atoms with Gasteiger partial charge in [0.1, 0.15) is 0 Å². The number of carbonyl (C=O) groups excluding carboxylic acids is 2. The molecule has 1 aliphatic rings. The zero-order chi connectivity index (χ0) is 21.5.